The number of hydrogen-bond acceptors (Lipinski definition) is 3. The Labute approximate surface area is 133 Å². The third kappa shape index (κ3) is 6.70. The topological polar surface area (TPSA) is 67.1 Å². The van der Waals surface area contributed by atoms with Crippen LogP contribution in [0.5, 0.6) is 0 Å². The van der Waals surface area contributed by atoms with Crippen LogP contribution in [0, 0.1) is 0 Å². The van der Waals surface area contributed by atoms with Crippen LogP contribution in [0.15, 0.2) is 42.5 Å². The minimum atomic E-state index is 0.00536. The standard InChI is InChI=1S/C14H16N2O.C4H11N/c1-15-14(17)10-16-9-11-6-7-12-4-2-3-5-13(12)8-11;1-2-3-4-5/h2-8,16H,9-10H2,1H3,(H,15,17);2-5H2,1H3. The SMILES string of the molecule is CCCCN.CNC(=O)CNCc1ccc2ccccc2c1. The van der Waals surface area contributed by atoms with E-state index in [0.717, 1.165) is 6.54 Å². The maximum absolute atomic E-state index is 11.0. The van der Waals surface area contributed by atoms with Gasteiger partial charge in [0.05, 0.1) is 6.54 Å². The van der Waals surface area contributed by atoms with Crippen molar-refractivity contribution in [1.82, 2.24) is 10.6 Å². The Morgan fingerprint density at radius 3 is 2.45 bits per heavy atom. The molecule has 0 aliphatic heterocycles. The second-order valence-corrected chi connectivity index (χ2v) is 5.10. The Morgan fingerprint density at radius 2 is 1.86 bits per heavy atom. The smallest absolute Gasteiger partial charge is 0.233 e. The van der Waals surface area contributed by atoms with Crippen LogP contribution < -0.4 is 16.4 Å². The van der Waals surface area contributed by atoms with E-state index in [1.165, 1.54) is 29.2 Å². The molecule has 0 aliphatic rings. The lowest BCUT2D eigenvalue weighted by atomic mass is 10.1. The number of likely N-dealkylation sites (N-methyl/N-ethyl adjacent to an activating group) is 1. The molecule has 4 heteroatoms. The molecule has 0 atom stereocenters. The first-order valence-electron chi connectivity index (χ1n) is 7.80. The van der Waals surface area contributed by atoms with E-state index in [0.29, 0.717) is 13.1 Å². The van der Waals surface area contributed by atoms with Gasteiger partial charge in [0.2, 0.25) is 5.91 Å². The second-order valence-electron chi connectivity index (χ2n) is 5.10. The third-order valence-corrected chi connectivity index (χ3v) is 3.27. The van der Waals surface area contributed by atoms with E-state index in [4.69, 9.17) is 5.73 Å². The summed E-state index contributed by atoms with van der Waals surface area (Å²) in [6, 6.07) is 14.6. The molecule has 0 aromatic heterocycles. The molecule has 1 amide bonds. The molecule has 0 saturated carbocycles. The zero-order valence-corrected chi connectivity index (χ0v) is 13.6. The van der Waals surface area contributed by atoms with E-state index in [1.54, 1.807) is 7.05 Å². The summed E-state index contributed by atoms with van der Waals surface area (Å²) in [5.41, 5.74) is 6.33. The molecule has 22 heavy (non-hydrogen) atoms. The summed E-state index contributed by atoms with van der Waals surface area (Å²) in [4.78, 5) is 11.0. The molecule has 0 aliphatic carbocycles. The number of unbranched alkanes of at least 4 members (excludes halogenated alkanes) is 1. The lowest BCUT2D eigenvalue weighted by molar-refractivity contribution is -0.119. The molecule has 2 aromatic carbocycles. The quantitative estimate of drug-likeness (QED) is 0.767. The van der Waals surface area contributed by atoms with Gasteiger partial charge in [-0.05, 0) is 35.4 Å². The van der Waals surface area contributed by atoms with E-state index in [1.807, 2.05) is 12.1 Å². The first kappa shape index (κ1) is 18.1. The minimum absolute atomic E-state index is 0.00536. The van der Waals surface area contributed by atoms with Gasteiger partial charge in [-0.1, -0.05) is 49.7 Å². The van der Waals surface area contributed by atoms with Crippen molar-refractivity contribution in [3.05, 3.63) is 48.0 Å². The van der Waals surface area contributed by atoms with Gasteiger partial charge in [-0.3, -0.25) is 4.79 Å². The van der Waals surface area contributed by atoms with Crippen LogP contribution in [-0.2, 0) is 11.3 Å². The number of amides is 1. The maximum Gasteiger partial charge on any atom is 0.233 e. The van der Waals surface area contributed by atoms with Gasteiger partial charge in [-0.25, -0.2) is 0 Å². The van der Waals surface area contributed by atoms with Crippen LogP contribution in [0.2, 0.25) is 0 Å². The van der Waals surface area contributed by atoms with Gasteiger partial charge in [0.1, 0.15) is 0 Å². The molecule has 4 nitrogen and oxygen atoms in total. The Bertz CT molecular complexity index is 567. The van der Waals surface area contributed by atoms with Crippen molar-refractivity contribution >= 4 is 16.7 Å². The summed E-state index contributed by atoms with van der Waals surface area (Å²) in [7, 11) is 1.64. The number of benzene rings is 2. The Hall–Kier alpha value is -1.91. The highest BCUT2D eigenvalue weighted by atomic mass is 16.1. The average Bonchev–Trinajstić information content (AvgIpc) is 2.56. The van der Waals surface area contributed by atoms with Crippen molar-refractivity contribution in [3.8, 4) is 0 Å². The van der Waals surface area contributed by atoms with Gasteiger partial charge in [0.25, 0.3) is 0 Å². The number of carbonyl (C=O) groups excluding carboxylic acids is 1. The van der Waals surface area contributed by atoms with E-state index < -0.39 is 0 Å². The first-order valence-corrected chi connectivity index (χ1v) is 7.80. The zero-order chi connectivity index (χ0) is 16.2. The molecule has 4 N–H and O–H groups in total. The largest absolute Gasteiger partial charge is 0.358 e. The van der Waals surface area contributed by atoms with Crippen molar-refractivity contribution in [3.63, 3.8) is 0 Å². The van der Waals surface area contributed by atoms with Crippen molar-refractivity contribution in [1.29, 1.82) is 0 Å². The van der Waals surface area contributed by atoms with Gasteiger partial charge in [-0.2, -0.15) is 0 Å². The van der Waals surface area contributed by atoms with Crippen LogP contribution in [0.1, 0.15) is 25.3 Å². The number of nitrogens with two attached hydrogens (primary N) is 1. The van der Waals surface area contributed by atoms with E-state index in [2.05, 4.69) is 47.9 Å². The second kappa shape index (κ2) is 10.8. The van der Waals surface area contributed by atoms with Crippen LogP contribution in [0.3, 0.4) is 0 Å². The first-order chi connectivity index (χ1) is 10.7. The third-order valence-electron chi connectivity index (χ3n) is 3.27. The molecule has 0 unspecified atom stereocenters. The molecule has 0 fully saturated rings. The highest BCUT2D eigenvalue weighted by molar-refractivity contribution is 5.83. The normalized spacial score (nSPS) is 9.95. The summed E-state index contributed by atoms with van der Waals surface area (Å²) < 4.78 is 0. The van der Waals surface area contributed by atoms with Gasteiger partial charge in [0, 0.05) is 13.6 Å². The summed E-state index contributed by atoms with van der Waals surface area (Å²) in [6.45, 7) is 4.03. The molecular formula is C18H27N3O. The van der Waals surface area contributed by atoms with Crippen LogP contribution in [-0.4, -0.2) is 26.0 Å². The highest BCUT2D eigenvalue weighted by Gasteiger charge is 1.98. The molecule has 120 valence electrons. The number of nitrogens with one attached hydrogen (secondary N) is 2. The fraction of sp³-hybridized carbons (Fsp3) is 0.389. The van der Waals surface area contributed by atoms with Gasteiger partial charge >= 0.3 is 0 Å². The van der Waals surface area contributed by atoms with Crippen LogP contribution in [0.25, 0.3) is 10.8 Å². The van der Waals surface area contributed by atoms with Crippen molar-refractivity contribution in [2.24, 2.45) is 5.73 Å². The molecule has 0 bridgehead atoms. The summed E-state index contributed by atoms with van der Waals surface area (Å²) in [5.74, 6) is 0.00536. The fourth-order valence-corrected chi connectivity index (χ4v) is 1.96. The number of fused-ring (bicyclic) bond motifs is 1. The van der Waals surface area contributed by atoms with Crippen molar-refractivity contribution in [2.75, 3.05) is 20.1 Å². The van der Waals surface area contributed by atoms with E-state index in [9.17, 15) is 4.79 Å². The highest BCUT2D eigenvalue weighted by Crippen LogP contribution is 2.15. The zero-order valence-electron chi connectivity index (χ0n) is 13.6. The average molecular weight is 301 g/mol. The summed E-state index contributed by atoms with van der Waals surface area (Å²) in [6.07, 6.45) is 2.39. The molecule has 2 aromatic rings. The predicted molar refractivity (Wildman–Crippen MR) is 93.7 cm³/mol. The van der Waals surface area contributed by atoms with Crippen molar-refractivity contribution < 1.29 is 4.79 Å². The minimum Gasteiger partial charge on any atom is -0.358 e. The molecule has 2 rings (SSSR count). The fourth-order valence-electron chi connectivity index (χ4n) is 1.96. The van der Waals surface area contributed by atoms with Gasteiger partial charge < -0.3 is 16.4 Å². The van der Waals surface area contributed by atoms with E-state index in [-0.39, 0.29) is 5.91 Å². The number of rotatable bonds is 6. The molecular weight excluding hydrogens is 274 g/mol. The van der Waals surface area contributed by atoms with E-state index >= 15 is 0 Å². The van der Waals surface area contributed by atoms with Crippen molar-refractivity contribution in [2.45, 2.75) is 26.3 Å². The summed E-state index contributed by atoms with van der Waals surface area (Å²) >= 11 is 0. The maximum atomic E-state index is 11.0. The van der Waals surface area contributed by atoms with Crippen LogP contribution >= 0.6 is 0 Å². The Kier molecular flexibility index (Phi) is 8.88. The summed E-state index contributed by atoms with van der Waals surface area (Å²) in [5, 5.41) is 8.15. The number of carbonyl (C=O) groups is 1. The Balaban J connectivity index is 0.000000422. The van der Waals surface area contributed by atoms with Crippen LogP contribution in [0.4, 0.5) is 0 Å². The van der Waals surface area contributed by atoms with Gasteiger partial charge in [0.15, 0.2) is 0 Å². The lowest BCUT2D eigenvalue weighted by Gasteiger charge is -2.05. The molecule has 0 radical (unpaired) electrons. The van der Waals surface area contributed by atoms with Gasteiger partial charge in [-0.15, -0.1) is 0 Å². The molecule has 0 spiro atoms. The molecule has 0 saturated heterocycles. The number of hydrogen-bond donors (Lipinski definition) is 3. The lowest BCUT2D eigenvalue weighted by Crippen LogP contribution is -2.30. The monoisotopic (exact) mass is 301 g/mol. The molecule has 0 heterocycles. The Morgan fingerprint density at radius 1 is 1.14 bits per heavy atom. The predicted octanol–water partition coefficient (Wildman–Crippen LogP) is 2.42.